The van der Waals surface area contributed by atoms with Gasteiger partial charge < -0.3 is 9.47 Å². The quantitative estimate of drug-likeness (QED) is 0.779. The average Bonchev–Trinajstić information content (AvgIpc) is 2.61. The molecule has 0 aromatic carbocycles. The van der Waals surface area contributed by atoms with Gasteiger partial charge in [0.25, 0.3) is 0 Å². The standard InChI is InChI=1S/2C7H15NO.C3H8.C2H6/c2*1-2-3-8-4-6-9-7-5-8;1-3-2;1-2/h2*2-7H2,1H3;3H2,1-2H3;1-2H3. The number of ether oxygens (including phenoxy) is 2. The van der Waals surface area contributed by atoms with Crippen LogP contribution in [-0.2, 0) is 9.47 Å². The van der Waals surface area contributed by atoms with Gasteiger partial charge in [0.15, 0.2) is 0 Å². The van der Waals surface area contributed by atoms with Gasteiger partial charge in [0, 0.05) is 26.2 Å². The summed E-state index contributed by atoms with van der Waals surface area (Å²) in [4.78, 5) is 4.90. The third-order valence-electron chi connectivity index (χ3n) is 3.29. The average molecular weight is 333 g/mol. The number of rotatable bonds is 4. The Hall–Kier alpha value is -0.160. The van der Waals surface area contributed by atoms with Crippen LogP contribution in [0.1, 0.15) is 60.8 Å². The summed E-state index contributed by atoms with van der Waals surface area (Å²) >= 11 is 0. The van der Waals surface area contributed by atoms with Crippen LogP contribution in [0, 0.1) is 0 Å². The Labute approximate surface area is 146 Å². The van der Waals surface area contributed by atoms with Crippen molar-refractivity contribution < 1.29 is 9.47 Å². The van der Waals surface area contributed by atoms with Gasteiger partial charge in [-0.3, -0.25) is 9.80 Å². The van der Waals surface area contributed by atoms with Gasteiger partial charge in [0.2, 0.25) is 0 Å². The first-order valence-corrected chi connectivity index (χ1v) is 9.88. The van der Waals surface area contributed by atoms with Gasteiger partial charge in [-0.2, -0.15) is 0 Å². The molecule has 2 aliphatic heterocycles. The van der Waals surface area contributed by atoms with E-state index >= 15 is 0 Å². The topological polar surface area (TPSA) is 24.9 Å². The molecule has 2 heterocycles. The second-order valence-corrected chi connectivity index (χ2v) is 5.62. The molecule has 0 atom stereocenters. The summed E-state index contributed by atoms with van der Waals surface area (Å²) in [5.41, 5.74) is 0. The Balaban J connectivity index is 0. The fraction of sp³-hybridized carbons (Fsp3) is 1.00. The monoisotopic (exact) mass is 332 g/mol. The molecule has 4 heteroatoms. The van der Waals surface area contributed by atoms with Crippen molar-refractivity contribution in [2.24, 2.45) is 0 Å². The molecule has 0 aromatic rings. The SMILES string of the molecule is CC.CCC.CCCN1CCOCC1.CCCN1CCOCC1. The lowest BCUT2D eigenvalue weighted by atomic mass is 10.4. The van der Waals surface area contributed by atoms with Gasteiger partial charge in [0.05, 0.1) is 26.4 Å². The fourth-order valence-corrected chi connectivity index (χ4v) is 2.28. The normalized spacial score (nSPS) is 18.5. The van der Waals surface area contributed by atoms with E-state index in [-0.39, 0.29) is 0 Å². The minimum atomic E-state index is 0.931. The van der Waals surface area contributed by atoms with Crippen LogP contribution in [0.4, 0.5) is 0 Å². The van der Waals surface area contributed by atoms with Crippen molar-refractivity contribution in [1.29, 1.82) is 0 Å². The van der Waals surface area contributed by atoms with E-state index in [9.17, 15) is 0 Å². The van der Waals surface area contributed by atoms with E-state index in [2.05, 4.69) is 37.5 Å². The van der Waals surface area contributed by atoms with Crippen LogP contribution in [0.3, 0.4) is 0 Å². The summed E-state index contributed by atoms with van der Waals surface area (Å²) < 4.78 is 10.4. The van der Waals surface area contributed by atoms with E-state index in [1.54, 1.807) is 0 Å². The van der Waals surface area contributed by atoms with Gasteiger partial charge in [0.1, 0.15) is 0 Å². The van der Waals surface area contributed by atoms with Crippen LogP contribution < -0.4 is 0 Å². The predicted octanol–water partition coefficient (Wildman–Crippen LogP) is 3.90. The van der Waals surface area contributed by atoms with E-state index in [4.69, 9.17) is 9.47 Å². The minimum Gasteiger partial charge on any atom is -0.379 e. The molecular weight excluding hydrogens is 288 g/mol. The van der Waals surface area contributed by atoms with Gasteiger partial charge in [-0.1, -0.05) is 48.0 Å². The van der Waals surface area contributed by atoms with Crippen LogP contribution in [0.15, 0.2) is 0 Å². The lowest BCUT2D eigenvalue weighted by Crippen LogP contribution is -2.36. The van der Waals surface area contributed by atoms with E-state index in [1.807, 2.05) is 13.8 Å². The summed E-state index contributed by atoms with van der Waals surface area (Å²) in [5.74, 6) is 0. The fourth-order valence-electron chi connectivity index (χ4n) is 2.28. The molecule has 0 N–H and O–H groups in total. The van der Waals surface area contributed by atoms with E-state index in [1.165, 1.54) is 32.4 Å². The number of hydrogen-bond donors (Lipinski definition) is 0. The van der Waals surface area contributed by atoms with Crippen molar-refractivity contribution in [2.75, 3.05) is 65.7 Å². The molecular formula is C19H44N2O2. The maximum absolute atomic E-state index is 5.20. The first kappa shape index (κ1) is 25.1. The highest BCUT2D eigenvalue weighted by molar-refractivity contribution is 4.60. The molecule has 2 fully saturated rings. The molecule has 2 aliphatic rings. The zero-order chi connectivity index (χ0) is 17.8. The van der Waals surface area contributed by atoms with Crippen LogP contribution in [0.5, 0.6) is 0 Å². The molecule has 0 radical (unpaired) electrons. The first-order valence-electron chi connectivity index (χ1n) is 9.88. The maximum atomic E-state index is 5.20. The van der Waals surface area contributed by atoms with Crippen molar-refractivity contribution in [2.45, 2.75) is 60.8 Å². The van der Waals surface area contributed by atoms with E-state index in [0.29, 0.717) is 0 Å². The smallest absolute Gasteiger partial charge is 0.0594 e. The molecule has 23 heavy (non-hydrogen) atoms. The Kier molecular flexibility index (Phi) is 23.8. The van der Waals surface area contributed by atoms with E-state index in [0.717, 1.165) is 52.6 Å². The molecule has 142 valence electrons. The predicted molar refractivity (Wildman–Crippen MR) is 102 cm³/mol. The Morgan fingerprint density at radius 3 is 1.09 bits per heavy atom. The number of hydrogen-bond acceptors (Lipinski definition) is 4. The molecule has 2 rings (SSSR count). The van der Waals surface area contributed by atoms with Gasteiger partial charge in [-0.05, 0) is 25.9 Å². The van der Waals surface area contributed by atoms with Crippen molar-refractivity contribution in [3.05, 3.63) is 0 Å². The van der Waals surface area contributed by atoms with Gasteiger partial charge >= 0.3 is 0 Å². The van der Waals surface area contributed by atoms with Crippen LogP contribution in [-0.4, -0.2) is 75.5 Å². The summed E-state index contributed by atoms with van der Waals surface area (Å²) in [5, 5.41) is 0. The molecule has 0 spiro atoms. The van der Waals surface area contributed by atoms with Crippen LogP contribution >= 0.6 is 0 Å². The van der Waals surface area contributed by atoms with E-state index < -0.39 is 0 Å². The lowest BCUT2D eigenvalue weighted by Gasteiger charge is -2.25. The molecule has 0 aliphatic carbocycles. The van der Waals surface area contributed by atoms with Crippen LogP contribution in [0.25, 0.3) is 0 Å². The van der Waals surface area contributed by atoms with Crippen molar-refractivity contribution in [1.82, 2.24) is 9.80 Å². The van der Waals surface area contributed by atoms with Crippen molar-refractivity contribution in [3.63, 3.8) is 0 Å². The Bertz CT molecular complexity index is 166. The second kappa shape index (κ2) is 21.8. The Morgan fingerprint density at radius 2 is 0.870 bits per heavy atom. The van der Waals surface area contributed by atoms with Gasteiger partial charge in [-0.25, -0.2) is 0 Å². The van der Waals surface area contributed by atoms with Crippen molar-refractivity contribution in [3.8, 4) is 0 Å². The maximum Gasteiger partial charge on any atom is 0.0594 e. The second-order valence-electron chi connectivity index (χ2n) is 5.62. The molecule has 0 amide bonds. The highest BCUT2D eigenvalue weighted by atomic mass is 16.5. The first-order chi connectivity index (χ1) is 11.3. The minimum absolute atomic E-state index is 0.931. The largest absolute Gasteiger partial charge is 0.379 e. The molecule has 0 saturated carbocycles. The molecule has 0 aromatic heterocycles. The highest BCUT2D eigenvalue weighted by Gasteiger charge is 2.08. The lowest BCUT2D eigenvalue weighted by molar-refractivity contribution is 0.0379. The molecule has 2 saturated heterocycles. The van der Waals surface area contributed by atoms with Crippen LogP contribution in [0.2, 0.25) is 0 Å². The third kappa shape index (κ3) is 18.0. The number of morpholine rings is 2. The highest BCUT2D eigenvalue weighted by Crippen LogP contribution is 1.97. The molecule has 4 nitrogen and oxygen atoms in total. The number of nitrogens with zero attached hydrogens (tertiary/aromatic N) is 2. The van der Waals surface area contributed by atoms with Gasteiger partial charge in [-0.15, -0.1) is 0 Å². The summed E-state index contributed by atoms with van der Waals surface area (Å²) in [6, 6.07) is 0. The Morgan fingerprint density at radius 1 is 0.609 bits per heavy atom. The third-order valence-corrected chi connectivity index (χ3v) is 3.29. The summed E-state index contributed by atoms with van der Waals surface area (Å²) in [6.45, 7) is 23.4. The summed E-state index contributed by atoms with van der Waals surface area (Å²) in [6.07, 6.45) is 3.78. The summed E-state index contributed by atoms with van der Waals surface area (Å²) in [7, 11) is 0. The molecule has 0 bridgehead atoms. The van der Waals surface area contributed by atoms with Crippen molar-refractivity contribution >= 4 is 0 Å². The zero-order valence-corrected chi connectivity index (χ0v) is 16.9. The molecule has 0 unspecified atom stereocenters. The zero-order valence-electron chi connectivity index (χ0n) is 16.9.